The lowest BCUT2D eigenvalue weighted by Gasteiger charge is -2.37. The third kappa shape index (κ3) is 5.60. The number of nitriles is 2. The molecule has 1 fully saturated rings. The standard InChI is InChI=1S/C27H33N5OS/c1-3-21(26-18-22(19-29)20(2)34-26)8-6-14-31-16-11-23(12-17-31)32(15-7-13-28)27-30-24-9-4-5-10-25(24)33-27/h4-5,9-10,18,21,23H,3,6-8,11-12,14-17H2,1-2H3. The first-order valence-electron chi connectivity index (χ1n) is 12.3. The van der Waals surface area contributed by atoms with Crippen LogP contribution in [0.3, 0.4) is 0 Å². The topological polar surface area (TPSA) is 80.1 Å². The van der Waals surface area contributed by atoms with Crippen molar-refractivity contribution in [1.29, 1.82) is 10.5 Å². The average molecular weight is 476 g/mol. The molecule has 2 aromatic heterocycles. The van der Waals surface area contributed by atoms with E-state index in [1.54, 1.807) is 11.3 Å². The Morgan fingerprint density at radius 2 is 2.06 bits per heavy atom. The van der Waals surface area contributed by atoms with Gasteiger partial charge in [0.2, 0.25) is 0 Å². The molecule has 1 atom stereocenters. The Bertz CT molecular complexity index is 1130. The molecule has 0 saturated carbocycles. The van der Waals surface area contributed by atoms with Gasteiger partial charge in [-0.3, -0.25) is 0 Å². The molecule has 1 saturated heterocycles. The fourth-order valence-corrected chi connectivity index (χ4v) is 6.16. The normalized spacial score (nSPS) is 15.8. The summed E-state index contributed by atoms with van der Waals surface area (Å²) in [5, 5.41) is 18.4. The fourth-order valence-electron chi connectivity index (χ4n) is 4.97. The molecule has 178 valence electrons. The van der Waals surface area contributed by atoms with E-state index >= 15 is 0 Å². The summed E-state index contributed by atoms with van der Waals surface area (Å²) in [5.41, 5.74) is 2.50. The molecular formula is C27H33N5OS. The van der Waals surface area contributed by atoms with Crippen molar-refractivity contribution in [3.63, 3.8) is 0 Å². The van der Waals surface area contributed by atoms with Crippen LogP contribution >= 0.6 is 11.3 Å². The number of aromatic nitrogens is 1. The minimum absolute atomic E-state index is 0.347. The highest BCUT2D eigenvalue weighted by Crippen LogP contribution is 2.33. The molecule has 3 aromatic rings. The fraction of sp³-hybridized carbons (Fsp3) is 0.519. The first kappa shape index (κ1) is 24.3. The van der Waals surface area contributed by atoms with Gasteiger partial charge in [-0.1, -0.05) is 19.1 Å². The number of piperidine rings is 1. The first-order chi connectivity index (χ1) is 16.6. The smallest absolute Gasteiger partial charge is 0.298 e. The lowest BCUT2D eigenvalue weighted by Crippen LogP contribution is -2.45. The molecule has 6 nitrogen and oxygen atoms in total. The van der Waals surface area contributed by atoms with E-state index in [9.17, 15) is 5.26 Å². The quantitative estimate of drug-likeness (QED) is 0.346. The van der Waals surface area contributed by atoms with E-state index in [2.05, 4.69) is 34.9 Å². The second-order valence-corrected chi connectivity index (χ2v) is 10.4. The molecule has 1 aliphatic heterocycles. The van der Waals surface area contributed by atoms with Crippen molar-refractivity contribution in [1.82, 2.24) is 9.88 Å². The number of likely N-dealkylation sites (tertiary alicyclic amines) is 1. The third-order valence-corrected chi connectivity index (χ3v) is 8.18. The van der Waals surface area contributed by atoms with E-state index in [0.29, 0.717) is 30.9 Å². The van der Waals surface area contributed by atoms with Crippen molar-refractivity contribution in [2.24, 2.45) is 0 Å². The van der Waals surface area contributed by atoms with E-state index in [1.165, 1.54) is 17.7 Å². The molecule has 4 rings (SSSR count). The molecule has 0 amide bonds. The van der Waals surface area contributed by atoms with Crippen LogP contribution in [0.2, 0.25) is 0 Å². The largest absolute Gasteiger partial charge is 0.423 e. The number of thiophene rings is 1. The lowest BCUT2D eigenvalue weighted by atomic mass is 9.97. The molecule has 0 spiro atoms. The Kier molecular flexibility index (Phi) is 8.21. The van der Waals surface area contributed by atoms with Gasteiger partial charge in [-0.25, -0.2) is 0 Å². The summed E-state index contributed by atoms with van der Waals surface area (Å²) in [6.45, 7) is 8.17. The van der Waals surface area contributed by atoms with Gasteiger partial charge in [-0.05, 0) is 69.7 Å². The van der Waals surface area contributed by atoms with Crippen LogP contribution in [0.4, 0.5) is 6.01 Å². The number of nitrogens with zero attached hydrogens (tertiary/aromatic N) is 5. The maximum atomic E-state index is 9.27. The van der Waals surface area contributed by atoms with Crippen molar-refractivity contribution < 1.29 is 4.42 Å². The second-order valence-electron chi connectivity index (χ2n) is 9.12. The summed E-state index contributed by atoms with van der Waals surface area (Å²) in [6.07, 6.45) is 6.02. The predicted molar refractivity (Wildman–Crippen MR) is 137 cm³/mol. The minimum atomic E-state index is 0.347. The van der Waals surface area contributed by atoms with Crippen LogP contribution in [-0.4, -0.2) is 42.1 Å². The van der Waals surface area contributed by atoms with Crippen LogP contribution in [0.25, 0.3) is 11.1 Å². The molecule has 0 aliphatic carbocycles. The number of benzene rings is 1. The molecule has 1 aliphatic rings. The monoisotopic (exact) mass is 475 g/mol. The zero-order chi connectivity index (χ0) is 23.9. The van der Waals surface area contributed by atoms with Crippen LogP contribution in [0.1, 0.15) is 66.7 Å². The molecule has 1 aromatic carbocycles. The van der Waals surface area contributed by atoms with Crippen molar-refractivity contribution in [2.45, 2.75) is 64.3 Å². The maximum absolute atomic E-state index is 9.27. The Hall–Kier alpha value is -2.87. The van der Waals surface area contributed by atoms with Gasteiger partial charge < -0.3 is 14.2 Å². The Morgan fingerprint density at radius 3 is 2.74 bits per heavy atom. The van der Waals surface area contributed by atoms with Gasteiger partial charge in [0, 0.05) is 35.4 Å². The zero-order valence-corrected chi connectivity index (χ0v) is 21.0. The predicted octanol–water partition coefficient (Wildman–Crippen LogP) is 6.23. The van der Waals surface area contributed by atoms with E-state index in [-0.39, 0.29) is 0 Å². The van der Waals surface area contributed by atoms with Gasteiger partial charge in [0.25, 0.3) is 6.01 Å². The minimum Gasteiger partial charge on any atom is -0.423 e. The van der Waals surface area contributed by atoms with Crippen LogP contribution < -0.4 is 4.90 Å². The first-order valence-corrected chi connectivity index (χ1v) is 13.2. The lowest BCUT2D eigenvalue weighted by molar-refractivity contribution is 0.202. The summed E-state index contributed by atoms with van der Waals surface area (Å²) in [7, 11) is 0. The van der Waals surface area contributed by atoms with Gasteiger partial charge in [0.1, 0.15) is 11.6 Å². The number of anilines is 1. The molecule has 1 unspecified atom stereocenters. The van der Waals surface area contributed by atoms with E-state index in [4.69, 9.17) is 14.7 Å². The van der Waals surface area contributed by atoms with Crippen molar-refractivity contribution in [3.8, 4) is 12.1 Å². The highest BCUT2D eigenvalue weighted by molar-refractivity contribution is 7.12. The Balaban J connectivity index is 1.30. The molecule has 0 radical (unpaired) electrons. The maximum Gasteiger partial charge on any atom is 0.298 e. The Labute approximate surface area is 206 Å². The van der Waals surface area contributed by atoms with Crippen LogP contribution in [0.5, 0.6) is 0 Å². The van der Waals surface area contributed by atoms with Crippen LogP contribution in [0.15, 0.2) is 34.7 Å². The zero-order valence-electron chi connectivity index (χ0n) is 20.2. The highest BCUT2D eigenvalue weighted by atomic mass is 32.1. The van der Waals surface area contributed by atoms with Crippen molar-refractivity contribution in [3.05, 3.63) is 45.6 Å². The van der Waals surface area contributed by atoms with Gasteiger partial charge in [0.05, 0.1) is 18.1 Å². The average Bonchev–Trinajstić information content (AvgIpc) is 3.46. The number of aryl methyl sites for hydroxylation is 1. The van der Waals surface area contributed by atoms with Crippen molar-refractivity contribution in [2.75, 3.05) is 31.1 Å². The molecule has 3 heterocycles. The molecule has 0 N–H and O–H groups in total. The number of hydrogen-bond donors (Lipinski definition) is 0. The van der Waals surface area contributed by atoms with Gasteiger partial charge in [-0.2, -0.15) is 15.5 Å². The SMILES string of the molecule is CCC(CCCN1CCC(N(CCC#N)c2nc3ccccc3o2)CC1)c1cc(C#N)c(C)s1. The second kappa shape index (κ2) is 11.5. The summed E-state index contributed by atoms with van der Waals surface area (Å²) in [5.74, 6) is 0.545. The summed E-state index contributed by atoms with van der Waals surface area (Å²) in [4.78, 5) is 12.0. The van der Waals surface area contributed by atoms with E-state index in [1.807, 2.05) is 31.2 Å². The van der Waals surface area contributed by atoms with Gasteiger partial charge in [-0.15, -0.1) is 11.3 Å². The van der Waals surface area contributed by atoms with Crippen LogP contribution in [-0.2, 0) is 0 Å². The molecular weight excluding hydrogens is 442 g/mol. The van der Waals surface area contributed by atoms with Crippen LogP contribution in [0, 0.1) is 29.6 Å². The number of hydrogen-bond acceptors (Lipinski definition) is 7. The number of rotatable bonds is 10. The number of fused-ring (bicyclic) bond motifs is 1. The van der Waals surface area contributed by atoms with E-state index < -0.39 is 0 Å². The molecule has 34 heavy (non-hydrogen) atoms. The number of para-hydroxylation sites is 2. The summed E-state index contributed by atoms with van der Waals surface area (Å²) in [6, 6.07) is 15.5. The highest BCUT2D eigenvalue weighted by Gasteiger charge is 2.27. The molecule has 7 heteroatoms. The Morgan fingerprint density at radius 1 is 1.26 bits per heavy atom. The summed E-state index contributed by atoms with van der Waals surface area (Å²) < 4.78 is 6.04. The molecule has 0 bridgehead atoms. The van der Waals surface area contributed by atoms with E-state index in [0.717, 1.165) is 60.4 Å². The number of oxazole rings is 1. The third-order valence-electron chi connectivity index (χ3n) is 6.97. The van der Waals surface area contributed by atoms with Crippen molar-refractivity contribution >= 4 is 28.5 Å². The van der Waals surface area contributed by atoms with Gasteiger partial charge in [0.15, 0.2) is 5.58 Å². The summed E-state index contributed by atoms with van der Waals surface area (Å²) >= 11 is 1.79. The van der Waals surface area contributed by atoms with Gasteiger partial charge >= 0.3 is 0 Å².